The maximum Gasteiger partial charge on any atom is 0.334 e. The predicted octanol–water partition coefficient (Wildman–Crippen LogP) is 2.24. The summed E-state index contributed by atoms with van der Waals surface area (Å²) in [7, 11) is 0. The first-order chi connectivity index (χ1) is 6.20. The minimum absolute atomic E-state index is 0.0861. The van der Waals surface area contributed by atoms with Crippen molar-refractivity contribution in [2.45, 2.75) is 18.9 Å². The van der Waals surface area contributed by atoms with E-state index >= 15 is 0 Å². The lowest BCUT2D eigenvalue weighted by atomic mass is 9.92. The zero-order chi connectivity index (χ0) is 9.84. The van der Waals surface area contributed by atoms with Gasteiger partial charge in [-0.2, -0.15) is 0 Å². The second-order valence-electron chi connectivity index (χ2n) is 3.12. The van der Waals surface area contributed by atoms with Crippen LogP contribution in [0.5, 0.6) is 0 Å². The van der Waals surface area contributed by atoms with Crippen molar-refractivity contribution in [2.24, 2.45) is 5.92 Å². The third-order valence-corrected chi connectivity index (χ3v) is 2.24. The fraction of sp³-hybridized carbons (Fsp3) is 0.364. The molecule has 0 aromatic heterocycles. The van der Waals surface area contributed by atoms with Crippen molar-refractivity contribution in [1.29, 1.82) is 0 Å². The molecule has 2 heteroatoms. The largest absolute Gasteiger partial charge is 0.458 e. The fourth-order valence-corrected chi connectivity index (χ4v) is 1.52. The van der Waals surface area contributed by atoms with E-state index < -0.39 is 0 Å². The van der Waals surface area contributed by atoms with Crippen molar-refractivity contribution in [1.82, 2.24) is 0 Å². The first kappa shape index (κ1) is 9.78. The van der Waals surface area contributed by atoms with E-state index in [4.69, 9.17) is 4.74 Å². The molecule has 1 saturated heterocycles. The molecule has 0 N–H and O–H groups in total. The summed E-state index contributed by atoms with van der Waals surface area (Å²) in [6.07, 6.45) is 4.88. The second-order valence-corrected chi connectivity index (χ2v) is 3.12. The molecule has 1 heterocycles. The molecule has 1 aliphatic rings. The van der Waals surface area contributed by atoms with Crippen LogP contribution in [-0.4, -0.2) is 12.1 Å². The lowest BCUT2D eigenvalue weighted by Crippen LogP contribution is -2.14. The van der Waals surface area contributed by atoms with Gasteiger partial charge in [-0.15, -0.1) is 13.2 Å². The van der Waals surface area contributed by atoms with Crippen LogP contribution in [0.3, 0.4) is 0 Å². The number of ether oxygens (including phenoxy) is 1. The maximum absolute atomic E-state index is 11.2. The average Bonchev–Trinajstić information content (AvgIpc) is 2.34. The molecule has 2 unspecified atom stereocenters. The number of carbonyl (C=O) groups is 1. The third kappa shape index (κ3) is 1.89. The molecular weight excluding hydrogens is 164 g/mol. The van der Waals surface area contributed by atoms with Crippen molar-refractivity contribution < 1.29 is 9.53 Å². The van der Waals surface area contributed by atoms with E-state index in [1.807, 2.05) is 0 Å². The van der Waals surface area contributed by atoms with Gasteiger partial charge in [0.15, 0.2) is 0 Å². The number of allylic oxidation sites excluding steroid dienone is 1. The Morgan fingerprint density at radius 2 is 1.92 bits per heavy atom. The quantitative estimate of drug-likeness (QED) is 0.375. The highest BCUT2D eigenvalue weighted by atomic mass is 16.6. The Morgan fingerprint density at radius 1 is 1.31 bits per heavy atom. The summed E-state index contributed by atoms with van der Waals surface area (Å²) in [5, 5.41) is 0. The highest BCUT2D eigenvalue weighted by Gasteiger charge is 2.36. The molecule has 0 aliphatic carbocycles. The summed E-state index contributed by atoms with van der Waals surface area (Å²) >= 11 is 0. The lowest BCUT2D eigenvalue weighted by Gasteiger charge is -2.13. The standard InChI is InChI=1S/C11H14O2/c1-4-6-9-8(3)11(12)13-10(9)7-5-2/h4-5,9-10H,1-3,6-7H2. The van der Waals surface area contributed by atoms with Gasteiger partial charge in [-0.3, -0.25) is 0 Å². The molecule has 0 amide bonds. The minimum Gasteiger partial charge on any atom is -0.458 e. The van der Waals surface area contributed by atoms with E-state index in [0.29, 0.717) is 12.0 Å². The summed E-state index contributed by atoms with van der Waals surface area (Å²) in [6.45, 7) is 11.0. The molecular formula is C11H14O2. The Kier molecular flexibility index (Phi) is 3.07. The van der Waals surface area contributed by atoms with E-state index in [-0.39, 0.29) is 18.0 Å². The summed E-state index contributed by atoms with van der Waals surface area (Å²) in [6, 6.07) is 0. The zero-order valence-corrected chi connectivity index (χ0v) is 7.66. The second kappa shape index (κ2) is 4.08. The van der Waals surface area contributed by atoms with Gasteiger partial charge in [0.2, 0.25) is 0 Å². The summed E-state index contributed by atoms with van der Waals surface area (Å²) < 4.78 is 5.12. The van der Waals surface area contributed by atoms with Gasteiger partial charge >= 0.3 is 5.97 Å². The molecule has 1 fully saturated rings. The van der Waals surface area contributed by atoms with Gasteiger partial charge in [-0.05, 0) is 6.42 Å². The number of hydrogen-bond acceptors (Lipinski definition) is 2. The van der Waals surface area contributed by atoms with Crippen LogP contribution in [0, 0.1) is 5.92 Å². The highest BCUT2D eigenvalue weighted by molar-refractivity contribution is 5.90. The predicted molar refractivity (Wildman–Crippen MR) is 52.1 cm³/mol. The molecule has 0 radical (unpaired) electrons. The SMILES string of the molecule is C=CCC1OC(=O)C(=C)C1CC=C. The van der Waals surface area contributed by atoms with Crippen molar-refractivity contribution in [2.75, 3.05) is 0 Å². The van der Waals surface area contributed by atoms with Gasteiger partial charge in [0.25, 0.3) is 0 Å². The first-order valence-corrected chi connectivity index (χ1v) is 4.32. The van der Waals surface area contributed by atoms with Gasteiger partial charge in [-0.1, -0.05) is 18.7 Å². The van der Waals surface area contributed by atoms with Crippen LogP contribution in [0.25, 0.3) is 0 Å². The van der Waals surface area contributed by atoms with Crippen molar-refractivity contribution in [3.05, 3.63) is 37.5 Å². The van der Waals surface area contributed by atoms with Crippen molar-refractivity contribution in [3.63, 3.8) is 0 Å². The summed E-state index contributed by atoms with van der Waals surface area (Å²) in [5.74, 6) is -0.193. The molecule has 2 atom stereocenters. The van der Waals surface area contributed by atoms with Crippen LogP contribution in [0.1, 0.15) is 12.8 Å². The number of esters is 1. The molecule has 0 saturated carbocycles. The fourth-order valence-electron chi connectivity index (χ4n) is 1.52. The zero-order valence-electron chi connectivity index (χ0n) is 7.66. The molecule has 0 aromatic carbocycles. The van der Waals surface area contributed by atoms with E-state index in [1.54, 1.807) is 12.2 Å². The Morgan fingerprint density at radius 3 is 2.46 bits per heavy atom. The Balaban J connectivity index is 2.73. The maximum atomic E-state index is 11.2. The molecule has 0 aromatic rings. The molecule has 0 bridgehead atoms. The van der Waals surface area contributed by atoms with Crippen LogP contribution in [-0.2, 0) is 9.53 Å². The Bertz CT molecular complexity index is 253. The van der Waals surface area contributed by atoms with E-state index in [2.05, 4.69) is 19.7 Å². The monoisotopic (exact) mass is 178 g/mol. The van der Waals surface area contributed by atoms with Gasteiger partial charge in [0, 0.05) is 17.9 Å². The normalized spacial score (nSPS) is 27.1. The third-order valence-electron chi connectivity index (χ3n) is 2.24. The number of cyclic esters (lactones) is 1. The first-order valence-electron chi connectivity index (χ1n) is 4.32. The van der Waals surface area contributed by atoms with Crippen LogP contribution >= 0.6 is 0 Å². The smallest absolute Gasteiger partial charge is 0.334 e. The van der Waals surface area contributed by atoms with Crippen molar-refractivity contribution in [3.8, 4) is 0 Å². The van der Waals surface area contributed by atoms with Crippen molar-refractivity contribution >= 4 is 5.97 Å². The molecule has 0 spiro atoms. The molecule has 1 rings (SSSR count). The van der Waals surface area contributed by atoms with Crippen LogP contribution in [0.15, 0.2) is 37.5 Å². The lowest BCUT2D eigenvalue weighted by molar-refractivity contribution is -0.139. The average molecular weight is 178 g/mol. The van der Waals surface area contributed by atoms with E-state index in [1.165, 1.54) is 0 Å². The number of hydrogen-bond donors (Lipinski definition) is 0. The number of rotatable bonds is 4. The Labute approximate surface area is 78.6 Å². The molecule has 1 aliphatic heterocycles. The Hall–Kier alpha value is -1.31. The number of carbonyl (C=O) groups excluding carboxylic acids is 1. The molecule has 2 nitrogen and oxygen atoms in total. The van der Waals surface area contributed by atoms with E-state index in [9.17, 15) is 4.79 Å². The van der Waals surface area contributed by atoms with Crippen LogP contribution < -0.4 is 0 Å². The van der Waals surface area contributed by atoms with E-state index in [0.717, 1.165) is 6.42 Å². The molecule has 13 heavy (non-hydrogen) atoms. The summed E-state index contributed by atoms with van der Waals surface area (Å²) in [4.78, 5) is 11.2. The topological polar surface area (TPSA) is 26.3 Å². The minimum atomic E-state index is -0.279. The highest BCUT2D eigenvalue weighted by Crippen LogP contribution is 2.31. The van der Waals surface area contributed by atoms with Crippen LogP contribution in [0.4, 0.5) is 0 Å². The van der Waals surface area contributed by atoms with Gasteiger partial charge in [0.05, 0.1) is 0 Å². The summed E-state index contributed by atoms with van der Waals surface area (Å²) in [5.41, 5.74) is 0.562. The van der Waals surface area contributed by atoms with Gasteiger partial charge in [0.1, 0.15) is 6.10 Å². The van der Waals surface area contributed by atoms with Gasteiger partial charge in [-0.25, -0.2) is 4.79 Å². The molecule has 70 valence electrons. The van der Waals surface area contributed by atoms with Gasteiger partial charge < -0.3 is 4.74 Å². The van der Waals surface area contributed by atoms with Crippen LogP contribution in [0.2, 0.25) is 0 Å².